The van der Waals surface area contributed by atoms with Crippen molar-refractivity contribution in [3.63, 3.8) is 0 Å². The van der Waals surface area contributed by atoms with Crippen LogP contribution in [0, 0.1) is 5.92 Å². The number of sulfonamides is 1. The highest BCUT2D eigenvalue weighted by Crippen LogP contribution is 2.29. The zero-order chi connectivity index (χ0) is 21.9. The highest BCUT2D eigenvalue weighted by atomic mass is 32.2. The highest BCUT2D eigenvalue weighted by molar-refractivity contribution is 7.89. The molecule has 2 heterocycles. The molecule has 0 saturated carbocycles. The maximum Gasteiger partial charge on any atom is 0.252 e. The van der Waals surface area contributed by atoms with Crippen LogP contribution >= 0.6 is 0 Å². The van der Waals surface area contributed by atoms with Crippen LogP contribution in [0.15, 0.2) is 34.0 Å². The van der Waals surface area contributed by atoms with E-state index in [1.165, 1.54) is 18.2 Å². The van der Waals surface area contributed by atoms with Crippen LogP contribution in [0.1, 0.15) is 63.2 Å². The second-order valence-corrected chi connectivity index (χ2v) is 10.3. The standard InChI is InChI=1S/C22H31N3O4S/c1-4-16-7-5-6-12-25(16)30(28,29)17-8-9-20-18(13-17)19(14-21(26)24-20)22(27)23-11-10-15(2)3/h8-9,13-16H,4-7,10-12H2,1-3H3,(H,23,27)(H,24,26). The van der Waals surface area contributed by atoms with Crippen molar-refractivity contribution in [1.82, 2.24) is 14.6 Å². The number of carbonyl (C=O) groups excluding carboxylic acids is 1. The van der Waals surface area contributed by atoms with Gasteiger partial charge < -0.3 is 10.3 Å². The van der Waals surface area contributed by atoms with Crippen molar-refractivity contribution in [2.24, 2.45) is 5.92 Å². The first kappa shape index (κ1) is 22.5. The number of H-pyrrole nitrogens is 1. The Balaban J connectivity index is 2.01. The number of nitrogens with one attached hydrogen (secondary N) is 2. The fourth-order valence-electron chi connectivity index (χ4n) is 3.98. The van der Waals surface area contributed by atoms with Gasteiger partial charge in [0.25, 0.3) is 5.91 Å². The summed E-state index contributed by atoms with van der Waals surface area (Å²) >= 11 is 0. The fraction of sp³-hybridized carbons (Fsp3) is 0.545. The first-order chi connectivity index (χ1) is 14.2. The lowest BCUT2D eigenvalue weighted by molar-refractivity contribution is 0.0953. The normalized spacial score (nSPS) is 18.1. The Bertz CT molecular complexity index is 1080. The van der Waals surface area contributed by atoms with Gasteiger partial charge in [0.1, 0.15) is 0 Å². The van der Waals surface area contributed by atoms with Gasteiger partial charge in [-0.25, -0.2) is 8.42 Å². The van der Waals surface area contributed by atoms with Crippen LogP contribution in [0.25, 0.3) is 10.9 Å². The summed E-state index contributed by atoms with van der Waals surface area (Å²) in [7, 11) is -3.69. The molecule has 0 bridgehead atoms. The summed E-state index contributed by atoms with van der Waals surface area (Å²) in [6.45, 7) is 7.14. The highest BCUT2D eigenvalue weighted by Gasteiger charge is 2.32. The summed E-state index contributed by atoms with van der Waals surface area (Å²) in [4.78, 5) is 27.6. The van der Waals surface area contributed by atoms with Gasteiger partial charge in [0, 0.05) is 36.1 Å². The van der Waals surface area contributed by atoms with E-state index in [0.29, 0.717) is 29.9 Å². The zero-order valence-corrected chi connectivity index (χ0v) is 18.7. The Morgan fingerprint density at radius 3 is 2.73 bits per heavy atom. The van der Waals surface area contributed by atoms with Crippen LogP contribution in [0.5, 0.6) is 0 Å². The van der Waals surface area contributed by atoms with Crippen LogP contribution in [0.4, 0.5) is 0 Å². The van der Waals surface area contributed by atoms with E-state index in [1.54, 1.807) is 10.4 Å². The van der Waals surface area contributed by atoms with E-state index in [9.17, 15) is 18.0 Å². The van der Waals surface area contributed by atoms with Gasteiger partial charge in [-0.15, -0.1) is 0 Å². The number of amides is 1. The van der Waals surface area contributed by atoms with Gasteiger partial charge in [-0.2, -0.15) is 4.31 Å². The largest absolute Gasteiger partial charge is 0.352 e. The van der Waals surface area contributed by atoms with Gasteiger partial charge in [-0.1, -0.05) is 27.2 Å². The topological polar surface area (TPSA) is 99.3 Å². The first-order valence-electron chi connectivity index (χ1n) is 10.7. The van der Waals surface area contributed by atoms with E-state index in [0.717, 1.165) is 32.1 Å². The van der Waals surface area contributed by atoms with Crippen molar-refractivity contribution in [1.29, 1.82) is 0 Å². The number of carbonyl (C=O) groups is 1. The third-order valence-corrected chi connectivity index (χ3v) is 7.67. The minimum absolute atomic E-state index is 0.00571. The van der Waals surface area contributed by atoms with E-state index in [4.69, 9.17) is 0 Å². The number of rotatable bonds is 7. The lowest BCUT2D eigenvalue weighted by Crippen LogP contribution is -2.43. The molecule has 1 aromatic heterocycles. The molecular formula is C22H31N3O4S. The van der Waals surface area contributed by atoms with E-state index < -0.39 is 15.6 Å². The van der Waals surface area contributed by atoms with E-state index in [2.05, 4.69) is 24.1 Å². The molecule has 3 rings (SSSR count). The van der Waals surface area contributed by atoms with Gasteiger partial charge in [0.2, 0.25) is 15.6 Å². The molecule has 1 amide bonds. The fourth-order valence-corrected chi connectivity index (χ4v) is 5.78. The third kappa shape index (κ3) is 4.75. The molecule has 8 heteroatoms. The maximum atomic E-state index is 13.3. The molecule has 164 valence electrons. The van der Waals surface area contributed by atoms with Crippen molar-refractivity contribution in [2.75, 3.05) is 13.1 Å². The van der Waals surface area contributed by atoms with Gasteiger partial charge in [-0.05, 0) is 49.8 Å². The Hall–Kier alpha value is -2.19. The Kier molecular flexibility index (Phi) is 6.98. The SMILES string of the molecule is CCC1CCCCN1S(=O)(=O)c1ccc2[nH]c(=O)cc(C(=O)NCCC(C)C)c2c1. The second-order valence-electron chi connectivity index (χ2n) is 8.37. The quantitative estimate of drug-likeness (QED) is 0.700. The predicted octanol–water partition coefficient (Wildman–Crippen LogP) is 3.26. The summed E-state index contributed by atoms with van der Waals surface area (Å²) in [6.07, 6.45) is 4.33. The minimum atomic E-state index is -3.69. The van der Waals surface area contributed by atoms with Crippen molar-refractivity contribution in [3.05, 3.63) is 40.2 Å². The summed E-state index contributed by atoms with van der Waals surface area (Å²) in [5, 5.41) is 3.27. The van der Waals surface area contributed by atoms with Gasteiger partial charge in [-0.3, -0.25) is 9.59 Å². The molecule has 0 spiro atoms. The number of pyridine rings is 1. The van der Waals surface area contributed by atoms with Crippen LogP contribution in [-0.4, -0.2) is 42.7 Å². The molecule has 1 aliphatic rings. The number of aromatic amines is 1. The molecule has 1 atom stereocenters. The molecule has 0 aliphatic carbocycles. The first-order valence-corrected chi connectivity index (χ1v) is 12.1. The average Bonchev–Trinajstić information content (AvgIpc) is 2.72. The van der Waals surface area contributed by atoms with Crippen molar-refractivity contribution < 1.29 is 13.2 Å². The molecule has 1 unspecified atom stereocenters. The van der Waals surface area contributed by atoms with Crippen molar-refractivity contribution in [2.45, 2.75) is 63.8 Å². The molecule has 1 aromatic carbocycles. The smallest absolute Gasteiger partial charge is 0.252 e. The minimum Gasteiger partial charge on any atom is -0.352 e. The Morgan fingerprint density at radius 2 is 2.03 bits per heavy atom. The molecule has 1 fully saturated rings. The Morgan fingerprint density at radius 1 is 1.27 bits per heavy atom. The number of piperidine rings is 1. The molecule has 7 nitrogen and oxygen atoms in total. The summed E-state index contributed by atoms with van der Waals surface area (Å²) in [5.74, 6) is 0.0692. The van der Waals surface area contributed by atoms with E-state index >= 15 is 0 Å². The number of aromatic nitrogens is 1. The Labute approximate surface area is 177 Å². The molecule has 1 saturated heterocycles. The van der Waals surface area contributed by atoms with Gasteiger partial charge in [0.15, 0.2) is 0 Å². The average molecular weight is 434 g/mol. The van der Waals surface area contributed by atoms with E-state index in [-0.39, 0.29) is 22.4 Å². The number of fused-ring (bicyclic) bond motifs is 1. The molecular weight excluding hydrogens is 402 g/mol. The number of nitrogens with zero attached hydrogens (tertiary/aromatic N) is 1. The van der Waals surface area contributed by atoms with E-state index in [1.807, 2.05) is 6.92 Å². The number of hydrogen-bond acceptors (Lipinski definition) is 4. The monoisotopic (exact) mass is 433 g/mol. The van der Waals surface area contributed by atoms with Crippen LogP contribution < -0.4 is 10.9 Å². The lowest BCUT2D eigenvalue weighted by Gasteiger charge is -2.34. The van der Waals surface area contributed by atoms with Gasteiger partial charge in [0.05, 0.1) is 10.5 Å². The van der Waals surface area contributed by atoms with Crippen LogP contribution in [0.3, 0.4) is 0 Å². The summed E-state index contributed by atoms with van der Waals surface area (Å²) in [6, 6.07) is 5.82. The summed E-state index contributed by atoms with van der Waals surface area (Å²) < 4.78 is 28.3. The van der Waals surface area contributed by atoms with Crippen LogP contribution in [-0.2, 0) is 10.0 Å². The number of hydrogen-bond donors (Lipinski definition) is 2. The molecule has 2 aromatic rings. The van der Waals surface area contributed by atoms with Gasteiger partial charge >= 0.3 is 0 Å². The molecule has 1 aliphatic heterocycles. The van der Waals surface area contributed by atoms with Crippen molar-refractivity contribution in [3.8, 4) is 0 Å². The third-order valence-electron chi connectivity index (χ3n) is 5.72. The second kappa shape index (κ2) is 9.31. The van der Waals surface area contributed by atoms with Crippen LogP contribution in [0.2, 0.25) is 0 Å². The zero-order valence-electron chi connectivity index (χ0n) is 17.9. The molecule has 30 heavy (non-hydrogen) atoms. The summed E-state index contributed by atoms with van der Waals surface area (Å²) in [5.41, 5.74) is 0.246. The predicted molar refractivity (Wildman–Crippen MR) is 118 cm³/mol. The number of benzene rings is 1. The lowest BCUT2D eigenvalue weighted by atomic mass is 10.0. The molecule has 0 radical (unpaired) electrons. The molecule has 2 N–H and O–H groups in total. The van der Waals surface area contributed by atoms with Crippen molar-refractivity contribution >= 4 is 26.8 Å². The maximum absolute atomic E-state index is 13.3.